The van der Waals surface area contributed by atoms with Gasteiger partial charge in [-0.1, -0.05) is 25.1 Å². The first kappa shape index (κ1) is 14.6. The molecule has 1 amide bonds. The second-order valence-electron chi connectivity index (χ2n) is 4.49. The van der Waals surface area contributed by atoms with Crippen molar-refractivity contribution in [2.75, 3.05) is 11.9 Å². The van der Waals surface area contributed by atoms with Crippen LogP contribution in [0.1, 0.15) is 29.3 Å². The number of anilines is 1. The average Bonchev–Trinajstić information content (AvgIpc) is 2.54. The molecule has 1 N–H and O–H groups in total. The Hall–Kier alpha value is -2.80. The minimum Gasteiger partial charge on any atom is -0.491 e. The van der Waals surface area contributed by atoms with Crippen LogP contribution in [-0.4, -0.2) is 12.5 Å². The van der Waals surface area contributed by atoms with Gasteiger partial charge in [0.15, 0.2) is 0 Å². The minimum atomic E-state index is -0.264. The molecule has 0 fully saturated rings. The van der Waals surface area contributed by atoms with E-state index < -0.39 is 0 Å². The van der Waals surface area contributed by atoms with E-state index in [-0.39, 0.29) is 5.91 Å². The van der Waals surface area contributed by atoms with Gasteiger partial charge < -0.3 is 10.1 Å². The monoisotopic (exact) mass is 280 g/mol. The Morgan fingerprint density at radius 1 is 1.24 bits per heavy atom. The van der Waals surface area contributed by atoms with Crippen molar-refractivity contribution in [1.29, 1.82) is 5.26 Å². The lowest BCUT2D eigenvalue weighted by Gasteiger charge is -2.12. The lowest BCUT2D eigenvalue weighted by atomic mass is 10.1. The second kappa shape index (κ2) is 7.11. The maximum absolute atomic E-state index is 12.2. The van der Waals surface area contributed by atoms with Crippen molar-refractivity contribution in [3.8, 4) is 11.8 Å². The molecule has 0 aliphatic heterocycles. The van der Waals surface area contributed by atoms with E-state index in [1.165, 1.54) is 0 Å². The fourth-order valence-electron chi connectivity index (χ4n) is 1.83. The van der Waals surface area contributed by atoms with Crippen molar-refractivity contribution >= 4 is 11.6 Å². The summed E-state index contributed by atoms with van der Waals surface area (Å²) in [4.78, 5) is 12.2. The largest absolute Gasteiger partial charge is 0.491 e. The summed E-state index contributed by atoms with van der Waals surface area (Å²) >= 11 is 0. The molecule has 21 heavy (non-hydrogen) atoms. The van der Waals surface area contributed by atoms with Gasteiger partial charge in [-0.2, -0.15) is 5.26 Å². The fourth-order valence-corrected chi connectivity index (χ4v) is 1.83. The Bertz CT molecular complexity index is 674. The smallest absolute Gasteiger partial charge is 0.255 e. The van der Waals surface area contributed by atoms with Crippen LogP contribution in [-0.2, 0) is 0 Å². The molecule has 2 rings (SSSR count). The molecule has 0 bridgehead atoms. The van der Waals surface area contributed by atoms with Gasteiger partial charge in [-0.15, -0.1) is 0 Å². The number of rotatable bonds is 5. The van der Waals surface area contributed by atoms with E-state index in [9.17, 15) is 4.79 Å². The number of ether oxygens (including phenoxy) is 1. The summed E-state index contributed by atoms with van der Waals surface area (Å²) in [7, 11) is 0. The summed E-state index contributed by atoms with van der Waals surface area (Å²) in [6, 6.07) is 15.9. The molecule has 0 aliphatic rings. The lowest BCUT2D eigenvalue weighted by molar-refractivity contribution is 0.102. The molecule has 106 valence electrons. The lowest BCUT2D eigenvalue weighted by Crippen LogP contribution is -2.13. The molecule has 0 aromatic heterocycles. The average molecular weight is 280 g/mol. The molecule has 0 spiro atoms. The van der Waals surface area contributed by atoms with Crippen LogP contribution in [0.4, 0.5) is 5.69 Å². The number of amides is 1. The van der Waals surface area contributed by atoms with Gasteiger partial charge in [0.1, 0.15) is 5.75 Å². The van der Waals surface area contributed by atoms with Crippen molar-refractivity contribution in [3.63, 3.8) is 0 Å². The Balaban J connectivity index is 2.17. The Labute approximate surface area is 124 Å². The zero-order chi connectivity index (χ0) is 15.1. The quantitative estimate of drug-likeness (QED) is 0.910. The third-order valence-electron chi connectivity index (χ3n) is 2.85. The molecule has 0 atom stereocenters. The zero-order valence-corrected chi connectivity index (χ0v) is 11.8. The molecule has 2 aromatic rings. The fraction of sp³-hybridized carbons (Fsp3) is 0.176. The molecule has 0 radical (unpaired) electrons. The number of nitrogens with one attached hydrogen (secondary N) is 1. The molecule has 4 nitrogen and oxygen atoms in total. The highest BCUT2D eigenvalue weighted by Crippen LogP contribution is 2.24. The second-order valence-corrected chi connectivity index (χ2v) is 4.49. The van der Waals surface area contributed by atoms with Gasteiger partial charge in [0.05, 0.1) is 23.9 Å². The number of benzene rings is 2. The Morgan fingerprint density at radius 2 is 2.05 bits per heavy atom. The minimum absolute atomic E-state index is 0.264. The van der Waals surface area contributed by atoms with Crippen LogP contribution >= 0.6 is 0 Å². The van der Waals surface area contributed by atoms with Crippen LogP contribution < -0.4 is 10.1 Å². The number of hydrogen-bond acceptors (Lipinski definition) is 3. The van der Waals surface area contributed by atoms with Gasteiger partial charge in [0.2, 0.25) is 0 Å². The summed E-state index contributed by atoms with van der Waals surface area (Å²) < 4.78 is 5.60. The van der Waals surface area contributed by atoms with Gasteiger partial charge in [-0.05, 0) is 36.8 Å². The molecule has 2 aromatic carbocycles. The van der Waals surface area contributed by atoms with Crippen molar-refractivity contribution in [1.82, 2.24) is 0 Å². The van der Waals surface area contributed by atoms with Crippen LogP contribution in [0.2, 0.25) is 0 Å². The maximum Gasteiger partial charge on any atom is 0.255 e. The summed E-state index contributed by atoms with van der Waals surface area (Å²) in [6.45, 7) is 2.62. The highest BCUT2D eigenvalue weighted by atomic mass is 16.5. The van der Waals surface area contributed by atoms with Gasteiger partial charge in [-0.25, -0.2) is 0 Å². The zero-order valence-electron chi connectivity index (χ0n) is 11.8. The first-order chi connectivity index (χ1) is 10.2. The van der Waals surface area contributed by atoms with Crippen molar-refractivity contribution in [3.05, 3.63) is 59.7 Å². The standard InChI is InChI=1S/C17H16N2O2/c1-2-10-21-16-9-4-3-8-15(16)19-17(20)14-7-5-6-13(11-14)12-18/h3-9,11H,2,10H2,1H3,(H,19,20). The van der Waals surface area contributed by atoms with Crippen LogP contribution in [0.25, 0.3) is 0 Å². The van der Waals surface area contributed by atoms with Crippen LogP contribution in [0.15, 0.2) is 48.5 Å². The number of nitrogens with zero attached hydrogens (tertiary/aromatic N) is 1. The highest BCUT2D eigenvalue weighted by molar-refractivity contribution is 6.05. The highest BCUT2D eigenvalue weighted by Gasteiger charge is 2.10. The predicted octanol–water partition coefficient (Wildman–Crippen LogP) is 3.60. The summed E-state index contributed by atoms with van der Waals surface area (Å²) in [5, 5.41) is 11.7. The summed E-state index contributed by atoms with van der Waals surface area (Å²) in [5.74, 6) is 0.379. The van der Waals surface area contributed by atoms with Crippen LogP contribution in [0, 0.1) is 11.3 Å². The van der Waals surface area contributed by atoms with Gasteiger partial charge in [0.25, 0.3) is 5.91 Å². The third-order valence-corrected chi connectivity index (χ3v) is 2.85. The molecule has 0 saturated heterocycles. The maximum atomic E-state index is 12.2. The van der Waals surface area contributed by atoms with Gasteiger partial charge >= 0.3 is 0 Å². The molecule has 0 heterocycles. The summed E-state index contributed by atoms with van der Waals surface area (Å²) in [6.07, 6.45) is 0.895. The number of carbonyl (C=O) groups is 1. The van der Waals surface area contributed by atoms with Gasteiger partial charge in [0, 0.05) is 5.56 Å². The van der Waals surface area contributed by atoms with E-state index in [1.807, 2.05) is 31.2 Å². The van der Waals surface area contributed by atoms with Crippen molar-refractivity contribution in [2.24, 2.45) is 0 Å². The van der Waals surface area contributed by atoms with E-state index in [1.54, 1.807) is 30.3 Å². The first-order valence-electron chi connectivity index (χ1n) is 6.78. The summed E-state index contributed by atoms with van der Waals surface area (Å²) in [5.41, 5.74) is 1.52. The Morgan fingerprint density at radius 3 is 2.81 bits per heavy atom. The topological polar surface area (TPSA) is 62.1 Å². The predicted molar refractivity (Wildman–Crippen MR) is 81.3 cm³/mol. The van der Waals surface area contributed by atoms with E-state index >= 15 is 0 Å². The normalized spacial score (nSPS) is 9.71. The van der Waals surface area contributed by atoms with Crippen molar-refractivity contribution < 1.29 is 9.53 Å². The molecule has 0 saturated carbocycles. The number of hydrogen-bond donors (Lipinski definition) is 1. The van der Waals surface area contributed by atoms with E-state index in [4.69, 9.17) is 10.00 Å². The van der Waals surface area contributed by atoms with Gasteiger partial charge in [-0.3, -0.25) is 4.79 Å². The first-order valence-corrected chi connectivity index (χ1v) is 6.78. The molecular formula is C17H16N2O2. The van der Waals surface area contributed by atoms with E-state index in [0.717, 1.165) is 6.42 Å². The number of para-hydroxylation sites is 2. The SMILES string of the molecule is CCCOc1ccccc1NC(=O)c1cccc(C#N)c1. The Kier molecular flexibility index (Phi) is 4.94. The van der Waals surface area contributed by atoms with Crippen LogP contribution in [0.5, 0.6) is 5.75 Å². The number of nitriles is 1. The molecular weight excluding hydrogens is 264 g/mol. The third kappa shape index (κ3) is 3.83. The molecule has 4 heteroatoms. The van der Waals surface area contributed by atoms with Crippen molar-refractivity contribution in [2.45, 2.75) is 13.3 Å². The molecule has 0 unspecified atom stereocenters. The van der Waals surface area contributed by atoms with Crippen LogP contribution in [0.3, 0.4) is 0 Å². The molecule has 0 aliphatic carbocycles. The number of carbonyl (C=O) groups excluding carboxylic acids is 1. The van der Waals surface area contributed by atoms with E-state index in [0.29, 0.717) is 29.2 Å². The van der Waals surface area contributed by atoms with E-state index in [2.05, 4.69) is 5.32 Å².